The number of hydrogen-bond acceptors (Lipinski definition) is 6. The predicted octanol–water partition coefficient (Wildman–Crippen LogP) is 1.84. The number of ether oxygens (including phenoxy) is 1. The van der Waals surface area contributed by atoms with Gasteiger partial charge >= 0.3 is 5.97 Å². The van der Waals surface area contributed by atoms with Crippen molar-refractivity contribution in [2.75, 3.05) is 33.1 Å². The van der Waals surface area contributed by atoms with Crippen LogP contribution in [0.2, 0.25) is 0 Å². The zero-order valence-electron chi connectivity index (χ0n) is 14.6. The SMILES string of the molecule is Cc1ccc(C2C3SCN(C3=O)C2C(=S)C(=O)OCCN(C)C)cc1. The summed E-state index contributed by atoms with van der Waals surface area (Å²) in [7, 11) is 3.83. The molecule has 0 spiro atoms. The number of carbonyl (C=O) groups is 2. The number of benzene rings is 1. The van der Waals surface area contributed by atoms with Crippen LogP contribution in [-0.4, -0.2) is 71.0 Å². The topological polar surface area (TPSA) is 49.9 Å². The second-order valence-corrected chi connectivity index (χ2v) is 8.25. The Morgan fingerprint density at radius 2 is 2.04 bits per heavy atom. The van der Waals surface area contributed by atoms with Gasteiger partial charge in [0.25, 0.3) is 0 Å². The fraction of sp³-hybridized carbons (Fsp3) is 0.500. The Morgan fingerprint density at radius 3 is 2.68 bits per heavy atom. The summed E-state index contributed by atoms with van der Waals surface area (Å²) in [5.74, 6) is 0.0795. The van der Waals surface area contributed by atoms with Crippen molar-refractivity contribution < 1.29 is 14.3 Å². The van der Waals surface area contributed by atoms with Crippen molar-refractivity contribution in [3.8, 4) is 0 Å². The minimum Gasteiger partial charge on any atom is -0.460 e. The summed E-state index contributed by atoms with van der Waals surface area (Å²) in [5, 5.41) is -0.166. The largest absolute Gasteiger partial charge is 0.460 e. The summed E-state index contributed by atoms with van der Waals surface area (Å²) in [6.45, 7) is 2.96. The lowest BCUT2D eigenvalue weighted by molar-refractivity contribution is -0.136. The van der Waals surface area contributed by atoms with Crippen molar-refractivity contribution in [1.29, 1.82) is 0 Å². The second-order valence-electron chi connectivity index (χ2n) is 6.71. The predicted molar refractivity (Wildman–Crippen MR) is 103 cm³/mol. The third-order valence-corrected chi connectivity index (χ3v) is 6.31. The average Bonchev–Trinajstić information content (AvgIpc) is 3.07. The van der Waals surface area contributed by atoms with Crippen LogP contribution in [0.4, 0.5) is 0 Å². The zero-order valence-corrected chi connectivity index (χ0v) is 16.2. The molecule has 2 fully saturated rings. The number of likely N-dealkylation sites (N-methyl/N-ethyl adjacent to an activating group) is 1. The van der Waals surface area contributed by atoms with Crippen molar-refractivity contribution >= 4 is 40.7 Å². The Morgan fingerprint density at radius 1 is 1.36 bits per heavy atom. The summed E-state index contributed by atoms with van der Waals surface area (Å²) in [4.78, 5) is 28.8. The fourth-order valence-electron chi connectivity index (χ4n) is 3.26. The molecule has 2 heterocycles. The molecule has 3 unspecified atom stereocenters. The van der Waals surface area contributed by atoms with Crippen molar-refractivity contribution in [2.24, 2.45) is 0 Å². The van der Waals surface area contributed by atoms with E-state index in [-0.39, 0.29) is 28.0 Å². The summed E-state index contributed by atoms with van der Waals surface area (Å²) < 4.78 is 5.31. The number of fused-ring (bicyclic) bond motifs is 2. The molecule has 25 heavy (non-hydrogen) atoms. The highest BCUT2D eigenvalue weighted by atomic mass is 32.2. The molecule has 0 aliphatic carbocycles. The molecular formula is C18H22N2O3S2. The quantitative estimate of drug-likeness (QED) is 0.556. The molecule has 2 saturated heterocycles. The molecule has 5 nitrogen and oxygen atoms in total. The van der Waals surface area contributed by atoms with E-state index in [1.807, 2.05) is 50.2 Å². The van der Waals surface area contributed by atoms with Crippen LogP contribution in [0.15, 0.2) is 24.3 Å². The molecule has 0 N–H and O–H groups in total. The third kappa shape index (κ3) is 3.59. The number of thioether (sulfide) groups is 1. The van der Waals surface area contributed by atoms with Crippen LogP contribution >= 0.6 is 24.0 Å². The number of thiocarbonyl (C=S) groups is 1. The minimum absolute atomic E-state index is 0.0732. The molecule has 3 atom stereocenters. The van der Waals surface area contributed by atoms with Gasteiger partial charge in [-0.3, -0.25) is 4.79 Å². The Kier molecular flexibility index (Phi) is 5.46. The van der Waals surface area contributed by atoms with Gasteiger partial charge in [0.05, 0.1) is 17.2 Å². The van der Waals surface area contributed by atoms with Gasteiger partial charge in [0, 0.05) is 12.5 Å². The van der Waals surface area contributed by atoms with E-state index in [1.165, 1.54) is 0 Å². The summed E-state index contributed by atoms with van der Waals surface area (Å²) >= 11 is 7.06. The van der Waals surface area contributed by atoms with E-state index in [4.69, 9.17) is 17.0 Å². The smallest absolute Gasteiger partial charge is 0.347 e. The first-order valence-corrected chi connectivity index (χ1v) is 9.70. The number of hydrogen-bond donors (Lipinski definition) is 0. The van der Waals surface area contributed by atoms with Gasteiger partial charge in [0.1, 0.15) is 11.5 Å². The van der Waals surface area contributed by atoms with Crippen LogP contribution in [0.5, 0.6) is 0 Å². The Balaban J connectivity index is 1.79. The molecule has 0 saturated carbocycles. The number of aryl methyl sites for hydroxylation is 1. The maximum absolute atomic E-state index is 12.5. The van der Waals surface area contributed by atoms with Crippen LogP contribution in [0, 0.1) is 6.92 Å². The van der Waals surface area contributed by atoms with Gasteiger partial charge < -0.3 is 14.5 Å². The van der Waals surface area contributed by atoms with E-state index in [1.54, 1.807) is 16.7 Å². The van der Waals surface area contributed by atoms with Gasteiger partial charge in [0.15, 0.2) is 0 Å². The van der Waals surface area contributed by atoms with E-state index in [0.717, 1.165) is 11.1 Å². The van der Waals surface area contributed by atoms with Crippen molar-refractivity contribution in [1.82, 2.24) is 9.80 Å². The average molecular weight is 379 g/mol. The lowest BCUT2D eigenvalue weighted by Gasteiger charge is -2.31. The van der Waals surface area contributed by atoms with E-state index in [0.29, 0.717) is 19.0 Å². The summed E-state index contributed by atoms with van der Waals surface area (Å²) in [5.41, 5.74) is 2.21. The lowest BCUT2D eigenvalue weighted by atomic mass is 9.89. The Bertz CT molecular complexity index is 690. The second kappa shape index (κ2) is 7.43. The van der Waals surface area contributed by atoms with Gasteiger partial charge in [-0.15, -0.1) is 11.8 Å². The van der Waals surface area contributed by atoms with Gasteiger partial charge in [-0.1, -0.05) is 42.0 Å². The molecule has 0 aromatic heterocycles. The molecule has 1 aromatic carbocycles. The van der Waals surface area contributed by atoms with Crippen LogP contribution < -0.4 is 0 Å². The monoisotopic (exact) mass is 378 g/mol. The molecule has 1 amide bonds. The fourth-order valence-corrected chi connectivity index (χ4v) is 4.99. The Labute approximate surface area is 157 Å². The third-order valence-electron chi connectivity index (χ3n) is 4.63. The molecule has 0 radical (unpaired) electrons. The summed E-state index contributed by atoms with van der Waals surface area (Å²) in [6, 6.07) is 7.73. The van der Waals surface area contributed by atoms with Crippen molar-refractivity contribution in [3.05, 3.63) is 35.4 Å². The summed E-state index contributed by atoms with van der Waals surface area (Å²) in [6.07, 6.45) is 0. The highest BCUT2D eigenvalue weighted by molar-refractivity contribution is 8.01. The Hall–Kier alpha value is -1.44. The van der Waals surface area contributed by atoms with Crippen molar-refractivity contribution in [2.45, 2.75) is 24.1 Å². The molecule has 1 aromatic rings. The normalized spacial score (nSPS) is 24.9. The minimum atomic E-state index is -0.482. The number of rotatable bonds is 6. The maximum Gasteiger partial charge on any atom is 0.347 e. The van der Waals surface area contributed by atoms with Gasteiger partial charge in [-0.05, 0) is 26.6 Å². The molecule has 134 valence electrons. The lowest BCUT2D eigenvalue weighted by Crippen LogP contribution is -2.44. The van der Waals surface area contributed by atoms with Crippen LogP contribution in [0.1, 0.15) is 17.0 Å². The molecular weight excluding hydrogens is 356 g/mol. The highest BCUT2D eigenvalue weighted by Gasteiger charge is 2.56. The highest BCUT2D eigenvalue weighted by Crippen LogP contribution is 2.47. The van der Waals surface area contributed by atoms with E-state index >= 15 is 0 Å². The molecule has 2 aliphatic rings. The zero-order chi connectivity index (χ0) is 18.1. The molecule has 2 aliphatic heterocycles. The van der Waals surface area contributed by atoms with Crippen LogP contribution in [0.3, 0.4) is 0 Å². The van der Waals surface area contributed by atoms with Gasteiger partial charge in [-0.25, -0.2) is 4.79 Å². The van der Waals surface area contributed by atoms with Gasteiger partial charge in [0.2, 0.25) is 5.91 Å². The number of esters is 1. The van der Waals surface area contributed by atoms with E-state index < -0.39 is 5.97 Å². The number of carbonyl (C=O) groups excluding carboxylic acids is 2. The maximum atomic E-state index is 12.5. The molecule has 2 bridgehead atoms. The molecule has 7 heteroatoms. The van der Waals surface area contributed by atoms with Gasteiger partial charge in [-0.2, -0.15) is 0 Å². The number of amides is 1. The van der Waals surface area contributed by atoms with E-state index in [2.05, 4.69) is 0 Å². The first-order chi connectivity index (χ1) is 11.9. The number of nitrogens with zero attached hydrogens (tertiary/aromatic N) is 2. The van der Waals surface area contributed by atoms with Crippen LogP contribution in [0.25, 0.3) is 0 Å². The standard InChI is InChI=1S/C18H22N2O3S2/c1-11-4-6-12(7-5-11)13-14(20-10-25-16(13)17(20)21)15(24)18(22)23-9-8-19(2)3/h4-7,13-14,16H,8-10H2,1-3H3. The van der Waals surface area contributed by atoms with Crippen molar-refractivity contribution in [3.63, 3.8) is 0 Å². The first kappa shape index (κ1) is 18.4. The van der Waals surface area contributed by atoms with E-state index in [9.17, 15) is 9.59 Å². The van der Waals surface area contributed by atoms with Crippen LogP contribution in [-0.2, 0) is 14.3 Å². The molecule has 3 rings (SSSR count). The first-order valence-electron chi connectivity index (χ1n) is 8.24.